The summed E-state index contributed by atoms with van der Waals surface area (Å²) in [6.07, 6.45) is -4.32. The van der Waals surface area contributed by atoms with Crippen LogP contribution in [0.3, 0.4) is 0 Å². The maximum absolute atomic E-state index is 13.0. The summed E-state index contributed by atoms with van der Waals surface area (Å²) in [7, 11) is 0. The zero-order valence-electron chi connectivity index (χ0n) is 17.6. The lowest BCUT2D eigenvalue weighted by Crippen LogP contribution is -2.48. The van der Waals surface area contributed by atoms with Gasteiger partial charge >= 0.3 is 17.9 Å². The van der Waals surface area contributed by atoms with Gasteiger partial charge < -0.3 is 19.9 Å². The van der Waals surface area contributed by atoms with Crippen molar-refractivity contribution < 1.29 is 33.8 Å². The number of nitrogens with one attached hydrogen (secondary N) is 1. The van der Waals surface area contributed by atoms with Crippen LogP contribution in [0.25, 0.3) is 0 Å². The largest absolute Gasteiger partial charge is 0.478 e. The average Bonchev–Trinajstić information content (AvgIpc) is 2.82. The van der Waals surface area contributed by atoms with Crippen molar-refractivity contribution in [2.24, 2.45) is 0 Å². The van der Waals surface area contributed by atoms with E-state index >= 15 is 0 Å². The molecule has 0 aliphatic rings. The van der Waals surface area contributed by atoms with Crippen molar-refractivity contribution >= 4 is 64.3 Å². The molecule has 0 aliphatic heterocycles. The molecule has 0 aromatic heterocycles. The number of benzene rings is 3. The van der Waals surface area contributed by atoms with Crippen molar-refractivity contribution in [2.45, 2.75) is 12.2 Å². The summed E-state index contributed by atoms with van der Waals surface area (Å²) in [6.45, 7) is 0. The molecule has 1 amide bonds. The molecule has 0 saturated carbocycles. The molecule has 3 aromatic rings. The minimum absolute atomic E-state index is 0.00290. The summed E-state index contributed by atoms with van der Waals surface area (Å²) in [6, 6.07) is 17.4. The Bertz CT molecular complexity index is 1260. The number of hydrogen-bond donors (Lipinski definition) is 2. The standard InChI is InChI=1S/C24H16Cl3NO7/c25-13-9-11-14(12-10-13)28-21(29)19(34-23(32)15-5-1-3-7-17(15)26)20(22(30)31)35-24(33)16-6-2-4-8-18(16)27/h1-12,19-20H,(H,28,29)(H,30,31)/t19-,20-/m1/s1. The Morgan fingerprint density at radius 2 is 1.14 bits per heavy atom. The van der Waals surface area contributed by atoms with Crippen LogP contribution in [-0.4, -0.2) is 41.1 Å². The van der Waals surface area contributed by atoms with Crippen LogP contribution < -0.4 is 5.32 Å². The second kappa shape index (κ2) is 11.7. The van der Waals surface area contributed by atoms with Gasteiger partial charge in [-0.1, -0.05) is 59.1 Å². The van der Waals surface area contributed by atoms with Crippen LogP contribution in [0.1, 0.15) is 20.7 Å². The van der Waals surface area contributed by atoms with Crippen LogP contribution in [0, 0.1) is 0 Å². The number of hydrogen-bond acceptors (Lipinski definition) is 6. The van der Waals surface area contributed by atoms with Crippen LogP contribution in [0.2, 0.25) is 15.1 Å². The number of carboxylic acids is 1. The number of ether oxygens (including phenoxy) is 2. The van der Waals surface area contributed by atoms with Gasteiger partial charge in [0.25, 0.3) is 5.91 Å². The number of carbonyl (C=O) groups excluding carboxylic acids is 3. The SMILES string of the molecule is O=C(O[C@@H](C(=O)O)[C@@H](OC(=O)c1ccccc1Cl)C(=O)Nc1ccc(Cl)cc1)c1ccccc1Cl. The second-order valence-electron chi connectivity index (χ2n) is 6.95. The third-order valence-corrected chi connectivity index (χ3v) is 5.46. The normalized spacial score (nSPS) is 12.2. The Kier molecular flexibility index (Phi) is 8.70. The minimum atomic E-state index is -2.22. The van der Waals surface area contributed by atoms with Crippen LogP contribution >= 0.6 is 34.8 Å². The van der Waals surface area contributed by atoms with Crippen LogP contribution in [-0.2, 0) is 19.1 Å². The van der Waals surface area contributed by atoms with Gasteiger partial charge in [0.1, 0.15) is 0 Å². The highest BCUT2D eigenvalue weighted by molar-refractivity contribution is 6.34. The van der Waals surface area contributed by atoms with E-state index in [1.54, 1.807) is 12.1 Å². The lowest BCUT2D eigenvalue weighted by molar-refractivity contribution is -0.157. The zero-order chi connectivity index (χ0) is 25.5. The Morgan fingerprint density at radius 1 is 0.686 bits per heavy atom. The van der Waals surface area contributed by atoms with Crippen LogP contribution in [0.15, 0.2) is 72.8 Å². The average molecular weight is 537 g/mol. The summed E-state index contributed by atoms with van der Waals surface area (Å²) in [5.41, 5.74) is -0.0468. The first kappa shape index (κ1) is 26.0. The highest BCUT2D eigenvalue weighted by atomic mass is 35.5. The summed E-state index contributed by atoms with van der Waals surface area (Å²) in [5, 5.41) is 12.6. The quantitative estimate of drug-likeness (QED) is 0.383. The molecule has 0 heterocycles. The Morgan fingerprint density at radius 3 is 1.60 bits per heavy atom. The van der Waals surface area contributed by atoms with E-state index in [0.29, 0.717) is 5.02 Å². The van der Waals surface area contributed by atoms with Crippen LogP contribution in [0.4, 0.5) is 5.69 Å². The van der Waals surface area contributed by atoms with Gasteiger partial charge in [-0.25, -0.2) is 14.4 Å². The first-order chi connectivity index (χ1) is 16.7. The highest BCUT2D eigenvalue weighted by Crippen LogP contribution is 2.22. The molecule has 0 aliphatic carbocycles. The maximum atomic E-state index is 13.0. The topological polar surface area (TPSA) is 119 Å². The van der Waals surface area contributed by atoms with E-state index in [1.807, 2.05) is 0 Å². The molecule has 0 fully saturated rings. The number of esters is 2. The third kappa shape index (κ3) is 6.73. The molecule has 11 heteroatoms. The molecule has 2 N–H and O–H groups in total. The number of aliphatic carboxylic acids is 1. The fourth-order valence-corrected chi connectivity index (χ4v) is 3.40. The predicted octanol–water partition coefficient (Wildman–Crippen LogP) is 5.12. The van der Waals surface area contributed by atoms with E-state index in [-0.39, 0.29) is 26.9 Å². The summed E-state index contributed by atoms with van der Waals surface area (Å²) in [5.74, 6) is -5.06. The molecule has 8 nitrogen and oxygen atoms in total. The van der Waals surface area contributed by atoms with E-state index in [1.165, 1.54) is 60.7 Å². The van der Waals surface area contributed by atoms with Crippen molar-refractivity contribution in [3.05, 3.63) is 99.0 Å². The van der Waals surface area contributed by atoms with Gasteiger partial charge in [-0.2, -0.15) is 0 Å². The Hall–Kier alpha value is -3.59. The molecule has 0 saturated heterocycles. The predicted molar refractivity (Wildman–Crippen MR) is 129 cm³/mol. The Balaban J connectivity index is 1.93. The summed E-state index contributed by atoms with van der Waals surface area (Å²) >= 11 is 17.9. The van der Waals surface area contributed by atoms with Gasteiger partial charge in [0.15, 0.2) is 0 Å². The molecule has 3 rings (SSSR count). The minimum Gasteiger partial charge on any atom is -0.478 e. The molecule has 2 atom stereocenters. The van der Waals surface area contributed by atoms with E-state index in [9.17, 15) is 24.3 Å². The number of carbonyl (C=O) groups is 4. The molecular formula is C24H16Cl3NO7. The number of halogens is 3. The highest BCUT2D eigenvalue weighted by Gasteiger charge is 2.41. The van der Waals surface area contributed by atoms with Gasteiger partial charge in [0, 0.05) is 10.7 Å². The van der Waals surface area contributed by atoms with Crippen molar-refractivity contribution in [3.8, 4) is 0 Å². The van der Waals surface area contributed by atoms with E-state index in [0.717, 1.165) is 0 Å². The van der Waals surface area contributed by atoms with Gasteiger partial charge in [-0.15, -0.1) is 0 Å². The Labute approximate surface area is 214 Å². The molecule has 3 aromatic carbocycles. The first-order valence-corrected chi connectivity index (χ1v) is 11.0. The van der Waals surface area contributed by atoms with E-state index < -0.39 is 36.0 Å². The number of amides is 1. The molecular weight excluding hydrogens is 521 g/mol. The van der Waals surface area contributed by atoms with Gasteiger partial charge in [0.2, 0.25) is 12.2 Å². The van der Waals surface area contributed by atoms with E-state index in [4.69, 9.17) is 44.3 Å². The fraction of sp³-hybridized carbons (Fsp3) is 0.0833. The summed E-state index contributed by atoms with van der Waals surface area (Å²) < 4.78 is 10.3. The monoisotopic (exact) mass is 535 g/mol. The molecule has 0 radical (unpaired) electrons. The lowest BCUT2D eigenvalue weighted by atomic mass is 10.1. The van der Waals surface area contributed by atoms with Crippen molar-refractivity contribution in [1.29, 1.82) is 0 Å². The molecule has 0 unspecified atom stereocenters. The third-order valence-electron chi connectivity index (χ3n) is 4.54. The molecule has 180 valence electrons. The number of carboxylic acid groups (broad SMARTS) is 1. The molecule has 0 bridgehead atoms. The lowest BCUT2D eigenvalue weighted by Gasteiger charge is -2.24. The number of rotatable bonds is 8. The smallest absolute Gasteiger partial charge is 0.349 e. The zero-order valence-corrected chi connectivity index (χ0v) is 19.9. The maximum Gasteiger partial charge on any atom is 0.349 e. The fourth-order valence-electron chi connectivity index (χ4n) is 2.85. The summed E-state index contributed by atoms with van der Waals surface area (Å²) in [4.78, 5) is 50.5. The first-order valence-electron chi connectivity index (χ1n) is 9.87. The van der Waals surface area contributed by atoms with Crippen molar-refractivity contribution in [3.63, 3.8) is 0 Å². The molecule has 35 heavy (non-hydrogen) atoms. The van der Waals surface area contributed by atoms with Crippen molar-refractivity contribution in [2.75, 3.05) is 5.32 Å². The number of anilines is 1. The van der Waals surface area contributed by atoms with Gasteiger partial charge in [-0.3, -0.25) is 4.79 Å². The molecule has 0 spiro atoms. The van der Waals surface area contributed by atoms with Gasteiger partial charge in [-0.05, 0) is 48.5 Å². The van der Waals surface area contributed by atoms with Gasteiger partial charge in [0.05, 0.1) is 21.2 Å². The van der Waals surface area contributed by atoms with E-state index in [2.05, 4.69) is 5.32 Å². The van der Waals surface area contributed by atoms with Crippen LogP contribution in [0.5, 0.6) is 0 Å². The second-order valence-corrected chi connectivity index (χ2v) is 8.20. The van der Waals surface area contributed by atoms with Crippen molar-refractivity contribution in [1.82, 2.24) is 0 Å².